The molecule has 0 atom stereocenters. The summed E-state index contributed by atoms with van der Waals surface area (Å²) in [5, 5.41) is 0. The fraction of sp³-hybridized carbons (Fsp3) is 0.167. The summed E-state index contributed by atoms with van der Waals surface area (Å²) in [7, 11) is 0. The monoisotopic (exact) mass is 278 g/mol. The van der Waals surface area contributed by atoms with Crippen molar-refractivity contribution in [1.82, 2.24) is 9.97 Å². The van der Waals surface area contributed by atoms with E-state index in [1.807, 2.05) is 24.3 Å². The molecule has 0 bridgehead atoms. The Labute approximate surface area is 102 Å². The number of benzene rings is 1. The number of halogens is 1. The van der Waals surface area contributed by atoms with Crippen molar-refractivity contribution in [3.8, 4) is 0 Å². The summed E-state index contributed by atoms with van der Waals surface area (Å²) in [5.74, 6) is 0.648. The van der Waals surface area contributed by atoms with Crippen LogP contribution in [-0.4, -0.2) is 9.97 Å². The molecule has 0 aliphatic heterocycles. The molecule has 2 aromatic rings. The number of aryl methyl sites for hydroxylation is 1. The molecule has 0 fully saturated rings. The van der Waals surface area contributed by atoms with Crippen LogP contribution in [0.3, 0.4) is 0 Å². The summed E-state index contributed by atoms with van der Waals surface area (Å²) < 4.78 is 1.04. The smallest absolute Gasteiger partial charge is 0.251 e. The Kier molecular flexibility index (Phi) is 3.19. The van der Waals surface area contributed by atoms with Crippen molar-refractivity contribution in [2.45, 2.75) is 13.3 Å². The third-order valence-corrected chi connectivity index (χ3v) is 3.02. The third-order valence-electron chi connectivity index (χ3n) is 2.24. The zero-order valence-corrected chi connectivity index (χ0v) is 10.4. The lowest BCUT2D eigenvalue weighted by Gasteiger charge is -2.04. The number of hydrogen-bond acceptors (Lipinski definition) is 2. The zero-order chi connectivity index (χ0) is 11.5. The van der Waals surface area contributed by atoms with E-state index in [-0.39, 0.29) is 5.56 Å². The van der Waals surface area contributed by atoms with Gasteiger partial charge >= 0.3 is 0 Å². The van der Waals surface area contributed by atoms with Crippen molar-refractivity contribution in [1.29, 1.82) is 0 Å². The molecule has 3 nitrogen and oxygen atoms in total. The predicted molar refractivity (Wildman–Crippen MR) is 66.5 cm³/mol. The Hall–Kier alpha value is -1.42. The molecule has 16 heavy (non-hydrogen) atoms. The number of hydrogen-bond donors (Lipinski definition) is 1. The molecule has 0 amide bonds. The summed E-state index contributed by atoms with van der Waals surface area (Å²) >= 11 is 3.48. The first-order chi connectivity index (χ1) is 7.65. The largest absolute Gasteiger partial charge is 0.311 e. The zero-order valence-electron chi connectivity index (χ0n) is 8.83. The fourth-order valence-corrected chi connectivity index (χ4v) is 1.99. The van der Waals surface area contributed by atoms with Crippen LogP contribution in [-0.2, 0) is 6.42 Å². The molecule has 2 rings (SSSR count). The van der Waals surface area contributed by atoms with Gasteiger partial charge in [0, 0.05) is 17.0 Å². The SMILES string of the molecule is Cc1nc(Cc2ccccc2Br)cc(=O)[nH]1. The topological polar surface area (TPSA) is 45.8 Å². The van der Waals surface area contributed by atoms with E-state index in [4.69, 9.17) is 0 Å². The Morgan fingerprint density at radius 1 is 1.38 bits per heavy atom. The Bertz CT molecular complexity index is 563. The van der Waals surface area contributed by atoms with Crippen molar-refractivity contribution in [3.63, 3.8) is 0 Å². The molecule has 0 unspecified atom stereocenters. The fourth-order valence-electron chi connectivity index (χ4n) is 1.57. The summed E-state index contributed by atoms with van der Waals surface area (Å²) in [5.41, 5.74) is 1.81. The van der Waals surface area contributed by atoms with Crippen molar-refractivity contribution >= 4 is 15.9 Å². The van der Waals surface area contributed by atoms with Crippen LogP contribution in [0, 0.1) is 6.92 Å². The van der Waals surface area contributed by atoms with Gasteiger partial charge in [-0.25, -0.2) is 4.98 Å². The predicted octanol–water partition coefficient (Wildman–Crippen LogP) is 2.43. The van der Waals surface area contributed by atoms with Crippen molar-refractivity contribution in [2.75, 3.05) is 0 Å². The minimum Gasteiger partial charge on any atom is -0.311 e. The molecule has 1 aromatic carbocycles. The molecular formula is C12H11BrN2O. The van der Waals surface area contributed by atoms with E-state index in [9.17, 15) is 4.79 Å². The Morgan fingerprint density at radius 3 is 2.81 bits per heavy atom. The van der Waals surface area contributed by atoms with Crippen LogP contribution in [0.1, 0.15) is 17.1 Å². The molecule has 0 radical (unpaired) electrons. The highest BCUT2D eigenvalue weighted by molar-refractivity contribution is 9.10. The van der Waals surface area contributed by atoms with E-state index < -0.39 is 0 Å². The van der Waals surface area contributed by atoms with Gasteiger partial charge in [-0.2, -0.15) is 0 Å². The molecular weight excluding hydrogens is 268 g/mol. The number of H-pyrrole nitrogens is 1. The number of nitrogens with zero attached hydrogens (tertiary/aromatic N) is 1. The maximum Gasteiger partial charge on any atom is 0.251 e. The third kappa shape index (κ3) is 2.58. The van der Waals surface area contributed by atoms with Gasteiger partial charge in [-0.3, -0.25) is 4.79 Å². The molecule has 0 aliphatic carbocycles. The molecule has 82 valence electrons. The Morgan fingerprint density at radius 2 is 2.12 bits per heavy atom. The van der Waals surface area contributed by atoms with Gasteiger partial charge in [0.15, 0.2) is 0 Å². The molecule has 0 aliphatic rings. The van der Waals surface area contributed by atoms with Gasteiger partial charge in [0.25, 0.3) is 5.56 Å². The summed E-state index contributed by atoms with van der Waals surface area (Å²) in [6.07, 6.45) is 0.659. The van der Waals surface area contributed by atoms with E-state index in [1.54, 1.807) is 6.92 Å². The highest BCUT2D eigenvalue weighted by Crippen LogP contribution is 2.18. The van der Waals surface area contributed by atoms with E-state index >= 15 is 0 Å². The van der Waals surface area contributed by atoms with Crippen molar-refractivity contribution in [3.05, 3.63) is 62.2 Å². The first-order valence-corrected chi connectivity index (χ1v) is 5.75. The molecule has 1 N–H and O–H groups in total. The quantitative estimate of drug-likeness (QED) is 0.917. The second-order valence-corrected chi connectivity index (χ2v) is 4.44. The van der Waals surface area contributed by atoms with Gasteiger partial charge in [0.05, 0.1) is 5.69 Å². The maximum absolute atomic E-state index is 11.3. The van der Waals surface area contributed by atoms with E-state index in [0.29, 0.717) is 12.2 Å². The first-order valence-electron chi connectivity index (χ1n) is 4.95. The molecule has 0 spiro atoms. The highest BCUT2D eigenvalue weighted by atomic mass is 79.9. The van der Waals surface area contributed by atoms with Crippen LogP contribution >= 0.6 is 15.9 Å². The molecule has 0 saturated heterocycles. The van der Waals surface area contributed by atoms with E-state index in [1.165, 1.54) is 6.07 Å². The summed E-state index contributed by atoms with van der Waals surface area (Å²) in [6, 6.07) is 9.47. The van der Waals surface area contributed by atoms with Gasteiger partial charge in [0.2, 0.25) is 0 Å². The van der Waals surface area contributed by atoms with E-state index in [0.717, 1.165) is 15.7 Å². The minimum absolute atomic E-state index is 0.102. The lowest BCUT2D eigenvalue weighted by Crippen LogP contribution is -2.10. The van der Waals surface area contributed by atoms with Crippen molar-refractivity contribution in [2.24, 2.45) is 0 Å². The number of nitrogens with one attached hydrogen (secondary N) is 1. The molecule has 0 saturated carbocycles. The molecule has 1 aromatic heterocycles. The number of aromatic nitrogens is 2. The van der Waals surface area contributed by atoms with Gasteiger partial charge in [0.1, 0.15) is 5.82 Å². The van der Waals surface area contributed by atoms with Crippen LogP contribution in [0.15, 0.2) is 39.6 Å². The second kappa shape index (κ2) is 4.61. The average molecular weight is 279 g/mol. The lowest BCUT2D eigenvalue weighted by atomic mass is 10.1. The van der Waals surface area contributed by atoms with Crippen LogP contribution in [0.2, 0.25) is 0 Å². The van der Waals surface area contributed by atoms with Crippen molar-refractivity contribution < 1.29 is 0 Å². The average Bonchev–Trinajstić information content (AvgIpc) is 2.20. The lowest BCUT2D eigenvalue weighted by molar-refractivity contribution is 0.944. The second-order valence-electron chi connectivity index (χ2n) is 3.59. The van der Waals surface area contributed by atoms with Crippen LogP contribution in [0.4, 0.5) is 0 Å². The van der Waals surface area contributed by atoms with Gasteiger partial charge < -0.3 is 4.98 Å². The Balaban J connectivity index is 2.34. The maximum atomic E-state index is 11.3. The number of rotatable bonds is 2. The normalized spacial score (nSPS) is 10.4. The summed E-state index contributed by atoms with van der Waals surface area (Å²) in [6.45, 7) is 1.78. The van der Waals surface area contributed by atoms with E-state index in [2.05, 4.69) is 25.9 Å². The van der Waals surface area contributed by atoms with Crippen LogP contribution < -0.4 is 5.56 Å². The first kappa shape index (κ1) is 11.1. The van der Waals surface area contributed by atoms with Crippen LogP contribution in [0.25, 0.3) is 0 Å². The van der Waals surface area contributed by atoms with Crippen LogP contribution in [0.5, 0.6) is 0 Å². The van der Waals surface area contributed by atoms with Gasteiger partial charge in [-0.1, -0.05) is 34.1 Å². The minimum atomic E-state index is -0.102. The van der Waals surface area contributed by atoms with Gasteiger partial charge in [-0.05, 0) is 18.6 Å². The standard InChI is InChI=1S/C12H11BrN2O/c1-8-14-10(7-12(16)15-8)6-9-4-2-3-5-11(9)13/h2-5,7H,6H2,1H3,(H,14,15,16). The molecule has 4 heteroatoms. The summed E-state index contributed by atoms with van der Waals surface area (Å²) in [4.78, 5) is 18.2. The molecule has 1 heterocycles. The van der Waals surface area contributed by atoms with Gasteiger partial charge in [-0.15, -0.1) is 0 Å². The number of aromatic amines is 1. The highest BCUT2D eigenvalue weighted by Gasteiger charge is 2.03.